The van der Waals surface area contributed by atoms with E-state index in [1.54, 1.807) is 17.0 Å². The molecule has 8 heteroatoms. The van der Waals surface area contributed by atoms with E-state index in [0.29, 0.717) is 29.6 Å². The molecule has 0 bridgehead atoms. The molecule has 2 aliphatic rings. The van der Waals surface area contributed by atoms with Crippen LogP contribution in [0.25, 0.3) is 16.6 Å². The van der Waals surface area contributed by atoms with Gasteiger partial charge in [-0.05, 0) is 54.2 Å². The largest absolute Gasteiger partial charge is 0.346 e. The number of nitrogens with zero attached hydrogens (tertiary/aromatic N) is 4. The van der Waals surface area contributed by atoms with Gasteiger partial charge in [-0.2, -0.15) is 0 Å². The summed E-state index contributed by atoms with van der Waals surface area (Å²) in [6.07, 6.45) is 8.37. The Hall–Kier alpha value is -3.19. The van der Waals surface area contributed by atoms with Crippen molar-refractivity contribution in [2.24, 2.45) is 5.92 Å². The van der Waals surface area contributed by atoms with E-state index >= 15 is 0 Å². The van der Waals surface area contributed by atoms with Crippen molar-refractivity contribution in [2.45, 2.75) is 25.8 Å². The van der Waals surface area contributed by atoms with Gasteiger partial charge in [0, 0.05) is 36.9 Å². The minimum absolute atomic E-state index is 0.0608. The number of amides is 2. The van der Waals surface area contributed by atoms with E-state index in [1.807, 2.05) is 23.2 Å². The van der Waals surface area contributed by atoms with Crippen LogP contribution in [0.1, 0.15) is 35.7 Å². The molecule has 0 aromatic carbocycles. The molecule has 3 aromatic heterocycles. The van der Waals surface area contributed by atoms with Crippen molar-refractivity contribution in [1.82, 2.24) is 19.9 Å². The number of aromatic nitrogens is 3. The summed E-state index contributed by atoms with van der Waals surface area (Å²) < 4.78 is 0. The summed E-state index contributed by atoms with van der Waals surface area (Å²) in [5.41, 5.74) is 3.51. The van der Waals surface area contributed by atoms with Gasteiger partial charge < -0.3 is 9.88 Å². The van der Waals surface area contributed by atoms with Gasteiger partial charge >= 0.3 is 0 Å². The summed E-state index contributed by atoms with van der Waals surface area (Å²) in [6, 6.07) is 7.58. The van der Waals surface area contributed by atoms with Crippen molar-refractivity contribution >= 4 is 46.3 Å². The summed E-state index contributed by atoms with van der Waals surface area (Å²) in [6.45, 7) is 3.21. The molecule has 4 heterocycles. The molecule has 0 spiro atoms. The average Bonchev–Trinajstić information content (AvgIpc) is 3.49. The highest BCUT2D eigenvalue weighted by atomic mass is 35.5. The number of carbonyl (C=O) groups is 2. The third kappa shape index (κ3) is 3.70. The smallest absolute Gasteiger partial charge is 0.255 e. The van der Waals surface area contributed by atoms with E-state index in [-0.39, 0.29) is 17.9 Å². The monoisotopic (exact) mass is 435 g/mol. The molecule has 158 valence electrons. The van der Waals surface area contributed by atoms with Gasteiger partial charge in [0.25, 0.3) is 5.91 Å². The molecule has 7 nitrogen and oxygen atoms in total. The van der Waals surface area contributed by atoms with Crippen molar-refractivity contribution in [3.63, 3.8) is 0 Å². The Balaban J connectivity index is 1.47. The number of fused-ring (bicyclic) bond motifs is 1. The standard InChI is InChI=1S/C23H22ClN5O2/c1-14-12-28(23(31)15-2-5-20(24)26-11-15)9-7-17(14)19-10-21(29(13-30)16-3-4-16)27-22-18(19)6-8-25-22/h2,5-8,10-11,13-14,16H,3-4,9,12H2,1H3,(H,25,27)/t14-/m1/s1. The molecule has 0 radical (unpaired) electrons. The van der Waals surface area contributed by atoms with Crippen LogP contribution in [-0.2, 0) is 4.79 Å². The third-order valence-corrected chi connectivity index (χ3v) is 6.19. The Labute approximate surface area is 184 Å². The average molecular weight is 436 g/mol. The molecule has 0 unspecified atom stereocenters. The lowest BCUT2D eigenvalue weighted by atomic mass is 9.89. The maximum Gasteiger partial charge on any atom is 0.255 e. The van der Waals surface area contributed by atoms with Crippen LogP contribution in [0.5, 0.6) is 0 Å². The first kappa shape index (κ1) is 19.8. The Morgan fingerprint density at radius 3 is 2.84 bits per heavy atom. The number of hydrogen-bond acceptors (Lipinski definition) is 4. The highest BCUT2D eigenvalue weighted by Gasteiger charge is 2.31. The fourth-order valence-corrected chi connectivity index (χ4v) is 4.33. The Bertz CT molecular complexity index is 1180. The van der Waals surface area contributed by atoms with Crippen molar-refractivity contribution in [3.05, 3.63) is 59.0 Å². The number of aromatic amines is 1. The maximum absolute atomic E-state index is 12.9. The molecule has 0 saturated heterocycles. The van der Waals surface area contributed by atoms with E-state index < -0.39 is 0 Å². The fraction of sp³-hybridized carbons (Fsp3) is 0.304. The minimum atomic E-state index is -0.0608. The summed E-state index contributed by atoms with van der Waals surface area (Å²) in [5, 5.41) is 1.38. The topological polar surface area (TPSA) is 82.2 Å². The van der Waals surface area contributed by atoms with E-state index in [0.717, 1.165) is 41.4 Å². The van der Waals surface area contributed by atoms with Crippen LogP contribution in [0.4, 0.5) is 5.82 Å². The van der Waals surface area contributed by atoms with Gasteiger partial charge in [0.15, 0.2) is 0 Å². The van der Waals surface area contributed by atoms with E-state index in [1.165, 1.54) is 6.20 Å². The minimum Gasteiger partial charge on any atom is -0.346 e. The van der Waals surface area contributed by atoms with Crippen LogP contribution in [0.3, 0.4) is 0 Å². The Morgan fingerprint density at radius 1 is 1.32 bits per heavy atom. The van der Waals surface area contributed by atoms with Gasteiger partial charge in [-0.25, -0.2) is 9.97 Å². The third-order valence-electron chi connectivity index (χ3n) is 5.96. The number of pyridine rings is 2. The van der Waals surface area contributed by atoms with Gasteiger partial charge in [0.1, 0.15) is 16.6 Å². The number of halogens is 1. The first-order chi connectivity index (χ1) is 15.0. The summed E-state index contributed by atoms with van der Waals surface area (Å²) in [4.78, 5) is 40.0. The maximum atomic E-state index is 12.9. The first-order valence-corrected chi connectivity index (χ1v) is 10.8. The molecule has 1 atom stereocenters. The van der Waals surface area contributed by atoms with Gasteiger partial charge in [-0.3, -0.25) is 14.5 Å². The Kier molecular flexibility index (Phi) is 4.98. The second-order valence-electron chi connectivity index (χ2n) is 8.15. The molecule has 2 amide bonds. The fourth-order valence-electron chi connectivity index (χ4n) is 4.21. The number of nitrogens with one attached hydrogen (secondary N) is 1. The molecule has 3 aromatic rings. The lowest BCUT2D eigenvalue weighted by molar-refractivity contribution is -0.107. The predicted molar refractivity (Wildman–Crippen MR) is 120 cm³/mol. The van der Waals surface area contributed by atoms with Crippen LogP contribution >= 0.6 is 11.6 Å². The number of H-pyrrole nitrogens is 1. The molecule has 31 heavy (non-hydrogen) atoms. The zero-order valence-electron chi connectivity index (χ0n) is 17.1. The van der Waals surface area contributed by atoms with Gasteiger partial charge in [-0.15, -0.1) is 0 Å². The predicted octanol–water partition coefficient (Wildman–Crippen LogP) is 3.91. The van der Waals surface area contributed by atoms with Gasteiger partial charge in [0.2, 0.25) is 6.41 Å². The molecule has 1 fully saturated rings. The second-order valence-corrected chi connectivity index (χ2v) is 8.54. The molecule has 1 aliphatic carbocycles. The van der Waals surface area contributed by atoms with Crippen molar-refractivity contribution in [2.75, 3.05) is 18.0 Å². The van der Waals surface area contributed by atoms with Crippen molar-refractivity contribution in [1.29, 1.82) is 0 Å². The Morgan fingerprint density at radius 2 is 2.16 bits per heavy atom. The highest BCUT2D eigenvalue weighted by Crippen LogP contribution is 2.36. The summed E-state index contributed by atoms with van der Waals surface area (Å²) in [7, 11) is 0. The van der Waals surface area contributed by atoms with E-state index in [9.17, 15) is 9.59 Å². The molecule has 5 rings (SSSR count). The van der Waals surface area contributed by atoms with Crippen LogP contribution < -0.4 is 4.90 Å². The molecule has 1 saturated carbocycles. The molecule has 1 aliphatic heterocycles. The van der Waals surface area contributed by atoms with Crippen molar-refractivity contribution in [3.8, 4) is 0 Å². The zero-order valence-corrected chi connectivity index (χ0v) is 17.8. The molecular weight excluding hydrogens is 414 g/mol. The quantitative estimate of drug-likeness (QED) is 0.486. The number of rotatable bonds is 5. The van der Waals surface area contributed by atoms with Crippen LogP contribution in [0.15, 0.2) is 42.7 Å². The van der Waals surface area contributed by atoms with Crippen LogP contribution in [0.2, 0.25) is 5.15 Å². The van der Waals surface area contributed by atoms with Crippen molar-refractivity contribution < 1.29 is 9.59 Å². The summed E-state index contributed by atoms with van der Waals surface area (Å²) >= 11 is 5.84. The SMILES string of the molecule is C[C@@H]1CN(C(=O)c2ccc(Cl)nc2)CC=C1c1cc(N(C=O)C2CC2)nc2[nH]ccc12. The summed E-state index contributed by atoms with van der Waals surface area (Å²) in [5.74, 6) is 0.729. The normalized spacial score (nSPS) is 18.7. The number of carbonyl (C=O) groups excluding carboxylic acids is 2. The molecular formula is C23H22ClN5O2. The lowest BCUT2D eigenvalue weighted by Crippen LogP contribution is -2.38. The zero-order chi connectivity index (χ0) is 21.5. The van der Waals surface area contributed by atoms with E-state index in [2.05, 4.69) is 28.0 Å². The number of hydrogen-bond donors (Lipinski definition) is 1. The van der Waals surface area contributed by atoms with Gasteiger partial charge in [0.05, 0.1) is 5.56 Å². The highest BCUT2D eigenvalue weighted by molar-refractivity contribution is 6.29. The second kappa shape index (κ2) is 7.81. The number of anilines is 1. The molecule has 1 N–H and O–H groups in total. The van der Waals surface area contributed by atoms with Gasteiger partial charge in [-0.1, -0.05) is 24.6 Å². The lowest BCUT2D eigenvalue weighted by Gasteiger charge is -2.32. The first-order valence-electron chi connectivity index (χ1n) is 10.4. The van der Waals surface area contributed by atoms with E-state index in [4.69, 9.17) is 11.6 Å². The van der Waals surface area contributed by atoms with Crippen LogP contribution in [-0.4, -0.2) is 51.3 Å². The van der Waals surface area contributed by atoms with Crippen LogP contribution in [0, 0.1) is 5.92 Å².